The van der Waals surface area contributed by atoms with E-state index in [-0.39, 0.29) is 5.41 Å². The van der Waals surface area contributed by atoms with Crippen LogP contribution in [0.1, 0.15) is 89.5 Å². The summed E-state index contributed by atoms with van der Waals surface area (Å²) < 4.78 is 0. The summed E-state index contributed by atoms with van der Waals surface area (Å²) in [5.74, 6) is 1.16. The monoisotopic (exact) mass is 768 g/mol. The Balaban J connectivity index is 0.000000224. The van der Waals surface area contributed by atoms with Crippen LogP contribution < -0.4 is 0 Å². The Morgan fingerprint density at radius 2 is 1.12 bits per heavy atom. The van der Waals surface area contributed by atoms with Gasteiger partial charge < -0.3 is 0 Å². The van der Waals surface area contributed by atoms with Gasteiger partial charge in [-0.05, 0) is 45.9 Å². The number of halogens is 2. The minimum atomic E-state index is -0.826. The second kappa shape index (κ2) is 19.2. The predicted octanol–water partition coefficient (Wildman–Crippen LogP) is 14.7. The molecule has 250 valence electrons. The van der Waals surface area contributed by atoms with E-state index in [2.05, 4.69) is 178 Å². The van der Waals surface area contributed by atoms with Crippen LogP contribution in [0, 0.1) is 0 Å². The van der Waals surface area contributed by atoms with E-state index >= 15 is 0 Å². The van der Waals surface area contributed by atoms with E-state index in [1.165, 1.54) is 66.1 Å². The summed E-state index contributed by atoms with van der Waals surface area (Å²) in [5, 5.41) is 5.45. The SMILES string of the molecule is CC(C)c1ccc(-c2cccc3[cH-]c(C(C)C)cc23)cc1.CCc1cc2c(-c3ccc(C(C)(C)C)cc3)cccc2[cH-]1.C[Si]C.[Cl][Zr+2][Cl]. The topological polar surface area (TPSA) is 0 Å². The van der Waals surface area contributed by atoms with E-state index in [0.717, 1.165) is 15.9 Å². The van der Waals surface area contributed by atoms with Gasteiger partial charge in [0.15, 0.2) is 0 Å². The first-order valence-corrected chi connectivity index (χ1v) is 25.3. The van der Waals surface area contributed by atoms with Crippen molar-refractivity contribution in [2.45, 2.75) is 92.2 Å². The van der Waals surface area contributed by atoms with Crippen molar-refractivity contribution in [2.24, 2.45) is 0 Å². The van der Waals surface area contributed by atoms with Crippen molar-refractivity contribution in [2.75, 3.05) is 0 Å². The maximum absolute atomic E-state index is 4.93. The molecular formula is C44H52Cl2SiZr. The molecule has 6 rings (SSSR count). The molecule has 0 heterocycles. The van der Waals surface area contributed by atoms with Gasteiger partial charge in [-0.3, -0.25) is 0 Å². The molecule has 0 bridgehead atoms. The number of hydrogen-bond donors (Lipinski definition) is 0. The van der Waals surface area contributed by atoms with Gasteiger partial charge in [0.05, 0.1) is 0 Å². The fourth-order valence-corrected chi connectivity index (χ4v) is 5.79. The molecule has 0 spiro atoms. The van der Waals surface area contributed by atoms with Crippen molar-refractivity contribution >= 4 is 48.1 Å². The second-order valence-electron chi connectivity index (χ2n) is 14.0. The quantitative estimate of drug-likeness (QED) is 0.121. The van der Waals surface area contributed by atoms with Crippen molar-refractivity contribution < 1.29 is 20.8 Å². The van der Waals surface area contributed by atoms with Crippen molar-refractivity contribution in [3.8, 4) is 22.3 Å². The van der Waals surface area contributed by atoms with Crippen molar-refractivity contribution in [1.29, 1.82) is 0 Å². The molecule has 6 aromatic rings. The molecule has 0 aliphatic carbocycles. The van der Waals surface area contributed by atoms with Gasteiger partial charge in [0.2, 0.25) is 0 Å². The van der Waals surface area contributed by atoms with E-state index in [0.29, 0.717) is 11.8 Å². The first-order chi connectivity index (χ1) is 22.9. The standard InChI is InChI=1S/2C21H23.C2H6Si.2ClH.Zr/c1-14(2)16-8-10-17(11-9-16)20-7-5-6-18-12-19(15(3)4)13-21(18)20;1-5-15-13-17-7-6-8-19(20(17)14-15)16-9-11-18(12-10-16)21(2,3)4;1-3-2;;;/h5-15H,1-4H3;6-14H,5H2,1-4H3;1-2H3;2*1H;/q2*-1;;;;+4/p-2. The van der Waals surface area contributed by atoms with Gasteiger partial charge in [0.1, 0.15) is 0 Å². The Morgan fingerprint density at radius 3 is 1.56 bits per heavy atom. The fraction of sp³-hybridized carbons (Fsp3) is 0.318. The Kier molecular flexibility index (Phi) is 16.1. The predicted molar refractivity (Wildman–Crippen MR) is 215 cm³/mol. The van der Waals surface area contributed by atoms with Crippen LogP contribution in [0.3, 0.4) is 0 Å². The van der Waals surface area contributed by atoms with Gasteiger partial charge >= 0.3 is 37.9 Å². The Labute approximate surface area is 312 Å². The molecule has 0 fully saturated rings. The van der Waals surface area contributed by atoms with Crippen LogP contribution in [0.4, 0.5) is 0 Å². The molecule has 4 heteroatoms. The number of rotatable bonds is 5. The summed E-state index contributed by atoms with van der Waals surface area (Å²) >= 11 is -0.826. The molecule has 0 aromatic heterocycles. The van der Waals surface area contributed by atoms with Gasteiger partial charge in [-0.15, -0.1) is 69.1 Å². The second-order valence-corrected chi connectivity index (χ2v) is 18.7. The Morgan fingerprint density at radius 1 is 0.667 bits per heavy atom. The van der Waals surface area contributed by atoms with Crippen LogP contribution in [-0.4, -0.2) is 9.52 Å². The molecule has 0 amide bonds. The average Bonchev–Trinajstić information content (AvgIpc) is 3.70. The summed E-state index contributed by atoms with van der Waals surface area (Å²) in [7, 11) is 11.0. The van der Waals surface area contributed by atoms with Crippen LogP contribution in [0.5, 0.6) is 0 Å². The third-order valence-electron chi connectivity index (χ3n) is 8.61. The van der Waals surface area contributed by atoms with Gasteiger partial charge in [-0.25, -0.2) is 0 Å². The van der Waals surface area contributed by atoms with Crippen LogP contribution in [-0.2, 0) is 32.7 Å². The normalized spacial score (nSPS) is 11.0. The van der Waals surface area contributed by atoms with Gasteiger partial charge in [-0.1, -0.05) is 140 Å². The van der Waals surface area contributed by atoms with Gasteiger partial charge in [0, 0.05) is 9.52 Å². The molecule has 2 radical (unpaired) electrons. The van der Waals surface area contributed by atoms with E-state index in [4.69, 9.17) is 17.0 Å². The number of fused-ring (bicyclic) bond motifs is 2. The molecule has 0 unspecified atom stereocenters. The van der Waals surface area contributed by atoms with E-state index in [1.54, 1.807) is 0 Å². The van der Waals surface area contributed by atoms with Crippen LogP contribution in [0.25, 0.3) is 43.8 Å². The van der Waals surface area contributed by atoms with E-state index in [9.17, 15) is 0 Å². The molecule has 0 saturated heterocycles. The third-order valence-corrected chi connectivity index (χ3v) is 8.61. The zero-order valence-corrected chi connectivity index (χ0v) is 35.5. The molecular weight excluding hydrogens is 719 g/mol. The first-order valence-electron chi connectivity index (χ1n) is 17.0. The summed E-state index contributed by atoms with van der Waals surface area (Å²) in [6.45, 7) is 22.3. The minimum absolute atomic E-state index is 0.209. The fourth-order valence-electron chi connectivity index (χ4n) is 5.79. The van der Waals surface area contributed by atoms with Crippen LogP contribution in [0.2, 0.25) is 13.1 Å². The molecule has 48 heavy (non-hydrogen) atoms. The van der Waals surface area contributed by atoms with Crippen molar-refractivity contribution in [3.63, 3.8) is 0 Å². The number of aryl methyl sites for hydroxylation is 1. The number of benzene rings is 4. The molecule has 0 atom stereocenters. The molecule has 6 aromatic carbocycles. The Bertz CT molecular complexity index is 1820. The molecule has 0 nitrogen and oxygen atoms in total. The van der Waals surface area contributed by atoms with Crippen LogP contribution >= 0.6 is 17.0 Å². The zero-order valence-electron chi connectivity index (χ0n) is 30.5. The third kappa shape index (κ3) is 10.9. The van der Waals surface area contributed by atoms with Crippen molar-refractivity contribution in [1.82, 2.24) is 0 Å². The summed E-state index contributed by atoms with van der Waals surface area (Å²) in [6, 6.07) is 40.6. The summed E-state index contributed by atoms with van der Waals surface area (Å²) in [5.41, 5.74) is 11.1. The number of hydrogen-bond acceptors (Lipinski definition) is 0. The summed E-state index contributed by atoms with van der Waals surface area (Å²) in [6.07, 6.45) is 1.09. The molecule has 0 aliphatic heterocycles. The van der Waals surface area contributed by atoms with Crippen LogP contribution in [0.15, 0.2) is 109 Å². The van der Waals surface area contributed by atoms with Gasteiger partial charge in [-0.2, -0.15) is 12.1 Å². The van der Waals surface area contributed by atoms with E-state index in [1.807, 2.05) is 0 Å². The summed E-state index contributed by atoms with van der Waals surface area (Å²) in [4.78, 5) is 0. The molecule has 0 saturated carbocycles. The first kappa shape index (κ1) is 40.2. The zero-order chi connectivity index (χ0) is 35.4. The molecule has 0 N–H and O–H groups in total. The molecule has 0 aliphatic rings. The van der Waals surface area contributed by atoms with Crippen molar-refractivity contribution in [3.05, 3.63) is 131 Å². The van der Waals surface area contributed by atoms with Gasteiger partial charge in [0.25, 0.3) is 0 Å². The van der Waals surface area contributed by atoms with E-state index < -0.39 is 20.8 Å². The average molecular weight is 771 g/mol. The Hall–Kier alpha value is -2.22. The maximum atomic E-state index is 4.93.